The number of hydrogen-bond acceptors (Lipinski definition) is 3. The van der Waals surface area contributed by atoms with Gasteiger partial charge in [-0.15, -0.1) is 11.8 Å². The molecule has 1 aromatic rings. The second-order valence-corrected chi connectivity index (χ2v) is 7.14. The molecule has 0 spiro atoms. The number of nitrogens with zero attached hydrogens (tertiary/aromatic N) is 2. The maximum Gasteiger partial charge on any atom is 0.239 e. The molecule has 1 amide bonds. The van der Waals surface area contributed by atoms with Crippen LogP contribution in [-0.2, 0) is 10.5 Å². The number of halogens is 1. The van der Waals surface area contributed by atoms with Gasteiger partial charge in [0.05, 0.1) is 5.25 Å². The van der Waals surface area contributed by atoms with Crippen LogP contribution in [0.2, 0.25) is 5.02 Å². The lowest BCUT2D eigenvalue weighted by atomic mass is 10.1. The van der Waals surface area contributed by atoms with Crippen LogP contribution in [0.5, 0.6) is 0 Å². The average Bonchev–Trinajstić information content (AvgIpc) is 2.50. The number of benzene rings is 1. The molecule has 0 radical (unpaired) electrons. The van der Waals surface area contributed by atoms with E-state index in [9.17, 15) is 4.79 Å². The molecule has 1 aromatic carbocycles. The minimum Gasteiger partial charge on any atom is -0.311 e. The van der Waals surface area contributed by atoms with Crippen LogP contribution in [0.25, 0.3) is 0 Å². The van der Waals surface area contributed by atoms with E-state index in [1.54, 1.807) is 11.8 Å². The summed E-state index contributed by atoms with van der Waals surface area (Å²) < 4.78 is 0. The summed E-state index contributed by atoms with van der Waals surface area (Å²) in [6.07, 6.45) is 0.960. The summed E-state index contributed by atoms with van der Waals surface area (Å²) in [6.45, 7) is 3.70. The van der Waals surface area contributed by atoms with Gasteiger partial charge in [-0.05, 0) is 51.7 Å². The van der Waals surface area contributed by atoms with Crippen molar-refractivity contribution in [3.63, 3.8) is 0 Å². The number of carbonyl (C=O) groups is 1. The maximum atomic E-state index is 12.5. The Labute approximate surface area is 130 Å². The number of rotatable bonds is 4. The van der Waals surface area contributed by atoms with Gasteiger partial charge in [-0.2, -0.15) is 0 Å². The largest absolute Gasteiger partial charge is 0.311 e. The highest BCUT2D eigenvalue weighted by Gasteiger charge is 2.27. The molecule has 0 saturated heterocycles. The molecule has 0 fully saturated rings. The third kappa shape index (κ3) is 3.68. The van der Waals surface area contributed by atoms with Crippen molar-refractivity contribution in [1.82, 2.24) is 4.90 Å². The van der Waals surface area contributed by atoms with E-state index in [2.05, 4.69) is 4.90 Å². The lowest BCUT2D eigenvalue weighted by Crippen LogP contribution is -2.37. The highest BCUT2D eigenvalue weighted by atomic mass is 35.5. The van der Waals surface area contributed by atoms with Gasteiger partial charge in [-0.25, -0.2) is 0 Å². The summed E-state index contributed by atoms with van der Waals surface area (Å²) in [7, 11) is 4.10. The second kappa shape index (κ2) is 6.83. The van der Waals surface area contributed by atoms with Crippen molar-refractivity contribution in [2.75, 3.05) is 32.1 Å². The van der Waals surface area contributed by atoms with E-state index in [1.807, 2.05) is 44.1 Å². The molecule has 0 saturated carbocycles. The SMILES string of the molecule is CC1SCc2ccc(Cl)cc2N(CCCN(C)C)C1=O. The van der Waals surface area contributed by atoms with E-state index >= 15 is 0 Å². The first kappa shape index (κ1) is 15.7. The van der Waals surface area contributed by atoms with Crippen molar-refractivity contribution in [2.24, 2.45) is 0 Å². The lowest BCUT2D eigenvalue weighted by molar-refractivity contribution is -0.117. The first-order valence-electron chi connectivity index (χ1n) is 6.85. The fraction of sp³-hybridized carbons (Fsp3) is 0.533. The van der Waals surface area contributed by atoms with E-state index in [1.165, 1.54) is 5.56 Å². The van der Waals surface area contributed by atoms with Gasteiger partial charge in [0, 0.05) is 23.0 Å². The van der Waals surface area contributed by atoms with E-state index in [4.69, 9.17) is 11.6 Å². The lowest BCUT2D eigenvalue weighted by Gasteiger charge is -2.25. The van der Waals surface area contributed by atoms with Gasteiger partial charge in [-0.1, -0.05) is 17.7 Å². The van der Waals surface area contributed by atoms with Crippen molar-refractivity contribution in [1.29, 1.82) is 0 Å². The number of thioether (sulfide) groups is 1. The zero-order valence-electron chi connectivity index (χ0n) is 12.2. The Balaban J connectivity index is 2.25. The third-order valence-electron chi connectivity index (χ3n) is 3.43. The van der Waals surface area contributed by atoms with E-state index in [0.29, 0.717) is 5.02 Å². The summed E-state index contributed by atoms with van der Waals surface area (Å²) in [6, 6.07) is 5.86. The van der Waals surface area contributed by atoms with Crippen LogP contribution in [0.4, 0.5) is 5.69 Å². The molecule has 3 nitrogen and oxygen atoms in total. The molecule has 20 heavy (non-hydrogen) atoms. The number of carbonyl (C=O) groups excluding carboxylic acids is 1. The fourth-order valence-corrected chi connectivity index (χ4v) is 3.42. The number of hydrogen-bond donors (Lipinski definition) is 0. The van der Waals surface area contributed by atoms with E-state index in [0.717, 1.165) is 31.0 Å². The highest BCUT2D eigenvalue weighted by Crippen LogP contribution is 2.34. The molecule has 0 aliphatic carbocycles. The van der Waals surface area contributed by atoms with Crippen LogP contribution in [0.1, 0.15) is 18.9 Å². The number of anilines is 1. The van der Waals surface area contributed by atoms with Crippen molar-refractivity contribution in [3.05, 3.63) is 28.8 Å². The quantitative estimate of drug-likeness (QED) is 0.852. The molecule has 1 aliphatic rings. The summed E-state index contributed by atoms with van der Waals surface area (Å²) in [4.78, 5) is 16.6. The monoisotopic (exact) mass is 312 g/mol. The molecule has 1 unspecified atom stereocenters. The van der Waals surface area contributed by atoms with Gasteiger partial charge >= 0.3 is 0 Å². The molecule has 1 heterocycles. The minimum absolute atomic E-state index is 0.000492. The molecule has 0 bridgehead atoms. The van der Waals surface area contributed by atoms with Crippen LogP contribution < -0.4 is 4.90 Å². The molecule has 1 atom stereocenters. The van der Waals surface area contributed by atoms with E-state index < -0.39 is 0 Å². The van der Waals surface area contributed by atoms with E-state index in [-0.39, 0.29) is 11.2 Å². The van der Waals surface area contributed by atoms with Gasteiger partial charge in [0.15, 0.2) is 0 Å². The van der Waals surface area contributed by atoms with Gasteiger partial charge in [0.2, 0.25) is 5.91 Å². The minimum atomic E-state index is 0.000492. The second-order valence-electron chi connectivity index (χ2n) is 5.37. The first-order valence-corrected chi connectivity index (χ1v) is 8.28. The number of fused-ring (bicyclic) bond motifs is 1. The average molecular weight is 313 g/mol. The molecule has 5 heteroatoms. The third-order valence-corrected chi connectivity index (χ3v) is 4.84. The Morgan fingerprint density at radius 3 is 2.90 bits per heavy atom. The Morgan fingerprint density at radius 1 is 1.45 bits per heavy atom. The Kier molecular flexibility index (Phi) is 5.35. The molecular formula is C15H21ClN2OS. The van der Waals surface area contributed by atoms with Crippen LogP contribution in [0.15, 0.2) is 18.2 Å². The first-order chi connectivity index (χ1) is 9.49. The fourth-order valence-electron chi connectivity index (χ4n) is 2.31. The van der Waals surface area contributed by atoms with Gasteiger partial charge < -0.3 is 9.80 Å². The van der Waals surface area contributed by atoms with Crippen LogP contribution in [-0.4, -0.2) is 43.2 Å². The Hall–Kier alpha value is -0.710. The van der Waals surface area contributed by atoms with Crippen LogP contribution in [0, 0.1) is 0 Å². The summed E-state index contributed by atoms with van der Waals surface area (Å²) >= 11 is 7.81. The standard InChI is InChI=1S/C15H21ClN2OS/c1-11-15(19)18(8-4-7-17(2)3)14-9-13(16)6-5-12(14)10-20-11/h5-6,9,11H,4,7-8,10H2,1-3H3. The zero-order chi connectivity index (χ0) is 14.7. The summed E-state index contributed by atoms with van der Waals surface area (Å²) in [5.41, 5.74) is 2.18. The normalized spacial score (nSPS) is 19.1. The molecule has 0 N–H and O–H groups in total. The van der Waals surface area contributed by atoms with Crippen molar-refractivity contribution in [3.8, 4) is 0 Å². The van der Waals surface area contributed by atoms with Gasteiger partial charge in [0.1, 0.15) is 0 Å². The predicted octanol–water partition coefficient (Wildman–Crippen LogP) is 3.26. The summed E-state index contributed by atoms with van der Waals surface area (Å²) in [5.74, 6) is 1.05. The van der Waals surface area contributed by atoms with Crippen molar-refractivity contribution < 1.29 is 4.79 Å². The smallest absolute Gasteiger partial charge is 0.239 e. The topological polar surface area (TPSA) is 23.6 Å². The maximum absolute atomic E-state index is 12.5. The summed E-state index contributed by atoms with van der Waals surface area (Å²) in [5, 5.41) is 0.689. The van der Waals surface area contributed by atoms with Crippen molar-refractivity contribution >= 4 is 35.0 Å². The van der Waals surface area contributed by atoms with Gasteiger partial charge in [0.25, 0.3) is 0 Å². The highest BCUT2D eigenvalue weighted by molar-refractivity contribution is 7.99. The van der Waals surface area contributed by atoms with Crippen LogP contribution in [0.3, 0.4) is 0 Å². The predicted molar refractivity (Wildman–Crippen MR) is 87.7 cm³/mol. The zero-order valence-corrected chi connectivity index (χ0v) is 13.8. The Morgan fingerprint density at radius 2 is 2.20 bits per heavy atom. The molecular weight excluding hydrogens is 292 g/mol. The van der Waals surface area contributed by atoms with Crippen LogP contribution >= 0.6 is 23.4 Å². The number of amides is 1. The molecule has 1 aliphatic heterocycles. The molecule has 2 rings (SSSR count). The molecule has 0 aromatic heterocycles. The van der Waals surface area contributed by atoms with Gasteiger partial charge in [-0.3, -0.25) is 4.79 Å². The van der Waals surface area contributed by atoms with Crippen molar-refractivity contribution in [2.45, 2.75) is 24.3 Å². The Bertz CT molecular complexity index is 493. The molecule has 110 valence electrons.